The highest BCUT2D eigenvalue weighted by Gasteiger charge is 2.31. The number of carbonyl (C=O) groups is 3. The van der Waals surface area contributed by atoms with Crippen molar-refractivity contribution in [3.63, 3.8) is 0 Å². The number of benzene rings is 3. The fourth-order valence-corrected chi connectivity index (χ4v) is 11.6. The molecule has 0 spiro atoms. The normalized spacial score (nSPS) is 17.9. The standard InChI is InChI=1S/C25H28ClFN6O2.C22H21FN4O.C21H18ClFN4O/c1-32-6-5-23(24(14-32)35-2)30-17-7-18(12-28-11-17)33-13-15(10-29-33)19-8-20(22(27)9-21(19)26)25(34)31-16-3-4-16;1-13-6-21(23)20(22(28)26-17-4-5-17)8-19(13)16-10-25-27(12-16)18-7-15(9-24-11-18)14-2-3-14;22-19-7-20(23)18(21(28)26-15-3-4-15)6-17(19)14-9-25-27(11-14)16-5-13(8-24-10-16)12-1-2-12/h7-13,16,23-24,30H,3-6,14H2,1-2H3,(H,31,34);6-12,14,17H,2-5H2,1H3,(H,26,28);5-12,15H,1-4H2,(H,26,28)/t23-,24+;;/m0../s1. The number of aryl methyl sites for hydroxylation is 1. The molecule has 1 aliphatic heterocycles. The molecule has 3 amide bonds. The zero-order valence-electron chi connectivity index (χ0n) is 50.4. The van der Waals surface area contributed by atoms with Gasteiger partial charge in [-0.1, -0.05) is 23.2 Å². The van der Waals surface area contributed by atoms with E-state index < -0.39 is 29.3 Å². The van der Waals surface area contributed by atoms with Gasteiger partial charge in [0.1, 0.15) is 17.5 Å². The summed E-state index contributed by atoms with van der Waals surface area (Å²) in [5.74, 6) is -1.73. The number of amides is 3. The number of likely N-dealkylation sites (N-methyl/N-ethyl adjacent to an activating group) is 1. The van der Waals surface area contributed by atoms with Crippen LogP contribution in [0.2, 0.25) is 10.0 Å². The molecule has 91 heavy (non-hydrogen) atoms. The van der Waals surface area contributed by atoms with Crippen LogP contribution in [-0.4, -0.2) is 124 Å². The quantitative estimate of drug-likeness (QED) is 0.0672. The highest BCUT2D eigenvalue weighted by molar-refractivity contribution is 6.34. The van der Waals surface area contributed by atoms with Crippen molar-refractivity contribution in [3.05, 3.63) is 190 Å². The van der Waals surface area contributed by atoms with Crippen molar-refractivity contribution < 1.29 is 32.3 Å². The third-order valence-corrected chi connectivity index (χ3v) is 17.7. The zero-order valence-corrected chi connectivity index (χ0v) is 51.9. The van der Waals surface area contributed by atoms with Gasteiger partial charge in [-0.2, -0.15) is 15.3 Å². The monoisotopic (exact) mass is 1270 g/mol. The lowest BCUT2D eigenvalue weighted by molar-refractivity contribution is 0.0312. The van der Waals surface area contributed by atoms with Gasteiger partial charge in [0.05, 0.1) is 105 Å². The smallest absolute Gasteiger partial charge is 0.254 e. The van der Waals surface area contributed by atoms with Gasteiger partial charge in [-0.25, -0.2) is 27.2 Å². The highest BCUT2D eigenvalue weighted by Crippen LogP contribution is 2.42. The number of nitrogens with zero attached hydrogens (tertiary/aromatic N) is 10. The Balaban J connectivity index is 0.000000126. The third-order valence-electron chi connectivity index (χ3n) is 17.1. The second-order valence-corrected chi connectivity index (χ2v) is 25.4. The molecular weight excluding hydrogens is 1200 g/mol. The minimum absolute atomic E-state index is 0.00329. The summed E-state index contributed by atoms with van der Waals surface area (Å²) in [5, 5.41) is 25.8. The molecule has 5 saturated carbocycles. The van der Waals surface area contributed by atoms with Gasteiger partial charge in [0.25, 0.3) is 17.7 Å². The van der Waals surface area contributed by atoms with Crippen molar-refractivity contribution in [2.45, 2.75) is 120 Å². The molecular formula is C68H67Cl2F3N14O4. The van der Waals surface area contributed by atoms with Gasteiger partial charge >= 0.3 is 0 Å². The Morgan fingerprint density at radius 1 is 0.505 bits per heavy atom. The first-order chi connectivity index (χ1) is 44.1. The van der Waals surface area contributed by atoms with E-state index in [0.717, 1.165) is 97.5 Å². The lowest BCUT2D eigenvalue weighted by atomic mass is 9.99. The molecule has 0 unspecified atom stereocenters. The van der Waals surface area contributed by atoms with Gasteiger partial charge in [-0.3, -0.25) is 29.3 Å². The zero-order chi connectivity index (χ0) is 63.0. The molecule has 468 valence electrons. The molecule has 0 radical (unpaired) electrons. The number of hydrogen-bond donors (Lipinski definition) is 4. The van der Waals surface area contributed by atoms with Crippen molar-refractivity contribution in [2.75, 3.05) is 32.6 Å². The Labute approximate surface area is 533 Å². The molecule has 7 heterocycles. The number of anilines is 1. The summed E-state index contributed by atoms with van der Waals surface area (Å²) in [4.78, 5) is 52.4. The Morgan fingerprint density at radius 2 is 0.912 bits per heavy atom. The van der Waals surface area contributed by atoms with Crippen LogP contribution in [0.15, 0.2) is 129 Å². The van der Waals surface area contributed by atoms with Crippen LogP contribution < -0.4 is 21.3 Å². The van der Waals surface area contributed by atoms with Crippen LogP contribution in [-0.2, 0) is 4.74 Å². The van der Waals surface area contributed by atoms with Crippen LogP contribution in [0.3, 0.4) is 0 Å². The van der Waals surface area contributed by atoms with Crippen LogP contribution in [0.25, 0.3) is 50.4 Å². The molecule has 6 fully saturated rings. The predicted molar refractivity (Wildman–Crippen MR) is 341 cm³/mol. The average Bonchev–Trinajstić information content (AvgIpc) is 1.87. The third kappa shape index (κ3) is 14.7. The van der Waals surface area contributed by atoms with E-state index in [2.05, 4.69) is 75.6 Å². The topological polar surface area (TPSA) is 204 Å². The summed E-state index contributed by atoms with van der Waals surface area (Å²) in [6, 6.07) is 15.2. The Hall–Kier alpha value is -8.76. The summed E-state index contributed by atoms with van der Waals surface area (Å²) < 4.78 is 54.0. The number of rotatable bonds is 17. The van der Waals surface area contributed by atoms with Crippen LogP contribution in [0.4, 0.5) is 18.9 Å². The van der Waals surface area contributed by atoms with E-state index in [1.54, 1.807) is 76.8 Å². The van der Waals surface area contributed by atoms with E-state index >= 15 is 0 Å². The van der Waals surface area contributed by atoms with Crippen LogP contribution in [0.1, 0.15) is 130 Å². The average molecular weight is 1270 g/mol. The van der Waals surface area contributed by atoms with E-state index in [1.165, 1.54) is 67.1 Å². The number of hydrogen-bond acceptors (Lipinski definition) is 12. The summed E-state index contributed by atoms with van der Waals surface area (Å²) in [7, 11) is 3.83. The molecule has 1 saturated heterocycles. The predicted octanol–water partition coefficient (Wildman–Crippen LogP) is 12.4. The molecule has 6 aliphatic rings. The second kappa shape index (κ2) is 26.2. The Bertz CT molecular complexity index is 4040. The molecule has 9 aromatic rings. The van der Waals surface area contributed by atoms with Crippen LogP contribution in [0.5, 0.6) is 0 Å². The minimum atomic E-state index is -0.643. The molecule has 6 aromatic heterocycles. The van der Waals surface area contributed by atoms with Gasteiger partial charge in [-0.15, -0.1) is 0 Å². The molecule has 2 atom stereocenters. The molecule has 5 aliphatic carbocycles. The van der Waals surface area contributed by atoms with Crippen molar-refractivity contribution in [3.8, 4) is 50.4 Å². The largest absolute Gasteiger partial charge is 0.378 e. The molecule has 15 rings (SSSR count). The van der Waals surface area contributed by atoms with Gasteiger partial charge in [0.2, 0.25) is 0 Å². The van der Waals surface area contributed by atoms with Crippen molar-refractivity contribution in [1.29, 1.82) is 0 Å². The number of piperidine rings is 1. The minimum Gasteiger partial charge on any atom is -0.378 e. The number of aromatic nitrogens is 9. The van der Waals surface area contributed by atoms with Crippen molar-refractivity contribution in [1.82, 2.24) is 65.1 Å². The van der Waals surface area contributed by atoms with Crippen molar-refractivity contribution >= 4 is 46.6 Å². The molecule has 18 nitrogen and oxygen atoms in total. The fourth-order valence-electron chi connectivity index (χ4n) is 11.1. The molecule has 4 N–H and O–H groups in total. The first-order valence-electron chi connectivity index (χ1n) is 30.8. The van der Waals surface area contributed by atoms with Gasteiger partial charge < -0.3 is 30.9 Å². The summed E-state index contributed by atoms with van der Waals surface area (Å²) in [5.41, 5.74) is 10.8. The Kier molecular flexibility index (Phi) is 17.6. The number of likely N-dealkylation sites (tertiary alicyclic amines) is 1. The summed E-state index contributed by atoms with van der Waals surface area (Å²) >= 11 is 12.6. The van der Waals surface area contributed by atoms with Crippen LogP contribution in [0, 0.1) is 24.4 Å². The van der Waals surface area contributed by atoms with E-state index in [4.69, 9.17) is 27.9 Å². The molecule has 23 heteroatoms. The van der Waals surface area contributed by atoms with Gasteiger partial charge in [0.15, 0.2) is 0 Å². The molecule has 3 aromatic carbocycles. The SMILES string of the molecule is CO[C@@H]1CN(C)CC[C@@H]1Nc1cncc(-n2cc(-c3cc(C(=O)NC4CC4)c(F)cc3Cl)cn2)c1.Cc1cc(F)c(C(=O)NC2CC2)cc1-c1cnn(-c2cncc(C3CC3)c2)c1.O=C(NC1CC1)c1cc(-c2cnn(-c3cncc(C4CC4)c3)c2)c(Cl)cc1F. The lowest BCUT2D eigenvalue weighted by Crippen LogP contribution is -2.49. The number of carbonyl (C=O) groups excluding carboxylic acids is 3. The fraction of sp³-hybridized carbons (Fsp3) is 0.338. The maximum Gasteiger partial charge on any atom is 0.254 e. The highest BCUT2D eigenvalue weighted by atomic mass is 35.5. The molecule has 0 bridgehead atoms. The number of ether oxygens (including phenoxy) is 1. The van der Waals surface area contributed by atoms with Gasteiger partial charge in [-0.05, 0) is 180 Å². The second-order valence-electron chi connectivity index (χ2n) is 24.5. The maximum atomic E-state index is 14.5. The number of nitrogens with one attached hydrogen (secondary N) is 4. The number of halogens is 5. The Morgan fingerprint density at radius 3 is 1.34 bits per heavy atom. The van der Waals surface area contributed by atoms with E-state index in [9.17, 15) is 27.6 Å². The number of methoxy groups -OCH3 is 1. The van der Waals surface area contributed by atoms with E-state index in [1.807, 2.05) is 37.8 Å². The first kappa shape index (κ1) is 61.1. The lowest BCUT2D eigenvalue weighted by Gasteiger charge is -2.36. The van der Waals surface area contributed by atoms with E-state index in [-0.39, 0.29) is 62.9 Å². The summed E-state index contributed by atoms with van der Waals surface area (Å²) in [6.45, 7) is 3.70. The first-order valence-corrected chi connectivity index (χ1v) is 31.5. The van der Waals surface area contributed by atoms with Gasteiger partial charge in [0, 0.05) is 90.6 Å². The van der Waals surface area contributed by atoms with Crippen molar-refractivity contribution in [2.24, 2.45) is 0 Å². The number of pyridine rings is 3. The van der Waals surface area contributed by atoms with Crippen LogP contribution >= 0.6 is 23.2 Å². The maximum absolute atomic E-state index is 14.5. The summed E-state index contributed by atoms with van der Waals surface area (Å²) in [6.07, 6.45) is 32.9. The van der Waals surface area contributed by atoms with E-state index in [0.29, 0.717) is 34.1 Å².